The zero-order valence-corrected chi connectivity index (χ0v) is 11.4. The summed E-state index contributed by atoms with van der Waals surface area (Å²) in [6, 6.07) is 0.356. The number of aromatic nitrogens is 2. The number of H-pyrrole nitrogens is 1. The number of amides is 2. The van der Waals surface area contributed by atoms with Crippen molar-refractivity contribution in [3.05, 3.63) is 18.2 Å². The molecule has 0 aliphatic heterocycles. The fraction of sp³-hybridized carbons (Fsp3) is 0.615. The van der Waals surface area contributed by atoms with Gasteiger partial charge in [0.15, 0.2) is 0 Å². The summed E-state index contributed by atoms with van der Waals surface area (Å²) in [6.45, 7) is 0.376. The number of nitrogens with zero attached hydrogens (tertiary/aromatic N) is 1. The SMILES string of the molecule is NCCC(=O)N[C@H]1CC[C@H](NC(=O)c2c[nH]cn2)CC1. The van der Waals surface area contributed by atoms with Crippen molar-refractivity contribution in [2.24, 2.45) is 5.73 Å². The van der Waals surface area contributed by atoms with Crippen molar-refractivity contribution >= 4 is 11.8 Å². The number of carbonyl (C=O) groups excluding carboxylic acids is 2. The highest BCUT2D eigenvalue weighted by molar-refractivity contribution is 5.92. The van der Waals surface area contributed by atoms with Gasteiger partial charge < -0.3 is 21.4 Å². The van der Waals surface area contributed by atoms with E-state index in [9.17, 15) is 9.59 Å². The molecule has 20 heavy (non-hydrogen) atoms. The second-order valence-electron chi connectivity index (χ2n) is 5.08. The zero-order valence-electron chi connectivity index (χ0n) is 11.4. The molecule has 110 valence electrons. The van der Waals surface area contributed by atoms with Crippen LogP contribution in [0.3, 0.4) is 0 Å². The van der Waals surface area contributed by atoms with Crippen molar-refractivity contribution in [2.45, 2.75) is 44.2 Å². The Morgan fingerprint density at radius 2 is 1.90 bits per heavy atom. The summed E-state index contributed by atoms with van der Waals surface area (Å²) in [5, 5.41) is 5.94. The summed E-state index contributed by atoms with van der Waals surface area (Å²) < 4.78 is 0. The third-order valence-corrected chi connectivity index (χ3v) is 3.53. The van der Waals surface area contributed by atoms with Crippen LogP contribution in [0.4, 0.5) is 0 Å². The number of nitrogens with two attached hydrogens (primary N) is 1. The summed E-state index contributed by atoms with van der Waals surface area (Å²) in [4.78, 5) is 30.0. The normalized spacial score (nSPS) is 22.2. The highest BCUT2D eigenvalue weighted by Gasteiger charge is 2.24. The maximum absolute atomic E-state index is 11.8. The van der Waals surface area contributed by atoms with Crippen LogP contribution in [0.5, 0.6) is 0 Å². The molecule has 1 aliphatic rings. The summed E-state index contributed by atoms with van der Waals surface area (Å²) in [5.74, 6) is -0.140. The second kappa shape index (κ2) is 7.04. The topological polar surface area (TPSA) is 113 Å². The lowest BCUT2D eigenvalue weighted by Gasteiger charge is -2.29. The maximum atomic E-state index is 11.8. The molecule has 0 saturated heterocycles. The van der Waals surface area contributed by atoms with E-state index in [-0.39, 0.29) is 23.9 Å². The van der Waals surface area contributed by atoms with Crippen LogP contribution in [0.1, 0.15) is 42.6 Å². The molecule has 0 radical (unpaired) electrons. The first-order chi connectivity index (χ1) is 9.69. The Balaban J connectivity index is 1.71. The monoisotopic (exact) mass is 279 g/mol. The van der Waals surface area contributed by atoms with Gasteiger partial charge in [-0.05, 0) is 25.7 Å². The van der Waals surface area contributed by atoms with Crippen LogP contribution in [-0.2, 0) is 4.79 Å². The van der Waals surface area contributed by atoms with Gasteiger partial charge in [-0.15, -0.1) is 0 Å². The van der Waals surface area contributed by atoms with Gasteiger partial charge in [-0.3, -0.25) is 9.59 Å². The molecule has 1 aliphatic carbocycles. The summed E-state index contributed by atoms with van der Waals surface area (Å²) >= 11 is 0. The molecule has 1 fully saturated rings. The minimum atomic E-state index is -0.151. The van der Waals surface area contributed by atoms with Crippen molar-refractivity contribution in [3.8, 4) is 0 Å². The van der Waals surface area contributed by atoms with Gasteiger partial charge in [-0.2, -0.15) is 0 Å². The number of aromatic amines is 1. The third-order valence-electron chi connectivity index (χ3n) is 3.53. The fourth-order valence-corrected chi connectivity index (χ4v) is 2.46. The van der Waals surface area contributed by atoms with E-state index in [1.807, 2.05) is 0 Å². The molecule has 7 nitrogen and oxygen atoms in total. The molecule has 1 aromatic rings. The summed E-state index contributed by atoms with van der Waals surface area (Å²) in [5.41, 5.74) is 5.75. The smallest absolute Gasteiger partial charge is 0.271 e. The minimum absolute atomic E-state index is 0.0107. The van der Waals surface area contributed by atoms with Gasteiger partial charge in [0.25, 0.3) is 5.91 Å². The van der Waals surface area contributed by atoms with Crippen LogP contribution in [-0.4, -0.2) is 40.4 Å². The number of hydrogen-bond donors (Lipinski definition) is 4. The van der Waals surface area contributed by atoms with E-state index in [1.165, 1.54) is 6.33 Å². The van der Waals surface area contributed by atoms with Crippen LogP contribution < -0.4 is 16.4 Å². The third kappa shape index (κ3) is 4.06. The molecule has 0 spiro atoms. The molecule has 0 atom stereocenters. The van der Waals surface area contributed by atoms with E-state index in [1.54, 1.807) is 6.20 Å². The molecule has 1 aromatic heterocycles. The molecule has 2 amide bonds. The van der Waals surface area contributed by atoms with E-state index < -0.39 is 0 Å². The molecule has 0 aromatic carbocycles. The van der Waals surface area contributed by atoms with Gasteiger partial charge in [0.05, 0.1) is 6.33 Å². The first-order valence-corrected chi connectivity index (χ1v) is 6.98. The number of nitrogens with one attached hydrogen (secondary N) is 3. The van der Waals surface area contributed by atoms with E-state index in [0.29, 0.717) is 18.7 Å². The van der Waals surface area contributed by atoms with Gasteiger partial charge in [-0.1, -0.05) is 0 Å². The first kappa shape index (κ1) is 14.5. The van der Waals surface area contributed by atoms with Crippen LogP contribution in [0, 0.1) is 0 Å². The molecule has 5 N–H and O–H groups in total. The van der Waals surface area contributed by atoms with Crippen molar-refractivity contribution in [2.75, 3.05) is 6.54 Å². The minimum Gasteiger partial charge on any atom is -0.353 e. The largest absolute Gasteiger partial charge is 0.353 e. The average Bonchev–Trinajstić information content (AvgIpc) is 2.95. The predicted molar refractivity (Wildman–Crippen MR) is 73.9 cm³/mol. The van der Waals surface area contributed by atoms with Crippen molar-refractivity contribution < 1.29 is 9.59 Å². The van der Waals surface area contributed by atoms with E-state index in [4.69, 9.17) is 5.73 Å². The average molecular weight is 279 g/mol. The number of hydrogen-bond acceptors (Lipinski definition) is 4. The maximum Gasteiger partial charge on any atom is 0.271 e. The lowest BCUT2D eigenvalue weighted by Crippen LogP contribution is -2.44. The Hall–Kier alpha value is -1.89. The molecule has 7 heteroatoms. The lowest BCUT2D eigenvalue weighted by molar-refractivity contribution is -0.121. The quantitative estimate of drug-likeness (QED) is 0.603. The molecular formula is C13H21N5O2. The molecule has 2 rings (SSSR count). The molecule has 0 unspecified atom stereocenters. The van der Waals surface area contributed by atoms with Gasteiger partial charge in [0, 0.05) is 31.2 Å². The lowest BCUT2D eigenvalue weighted by atomic mass is 9.91. The Morgan fingerprint density at radius 1 is 1.25 bits per heavy atom. The summed E-state index contributed by atoms with van der Waals surface area (Å²) in [6.07, 6.45) is 6.92. The van der Waals surface area contributed by atoms with Gasteiger partial charge >= 0.3 is 0 Å². The van der Waals surface area contributed by atoms with Crippen LogP contribution in [0.2, 0.25) is 0 Å². The Kier molecular flexibility index (Phi) is 5.11. The number of imidazole rings is 1. The van der Waals surface area contributed by atoms with Crippen LogP contribution >= 0.6 is 0 Å². The standard InChI is InChI=1S/C13H21N5O2/c14-6-5-12(19)17-9-1-3-10(4-2-9)18-13(20)11-7-15-8-16-11/h7-10H,1-6,14H2,(H,15,16)(H,17,19)(H,18,20)/t9-,10-. The molecule has 1 saturated carbocycles. The molecular weight excluding hydrogens is 258 g/mol. The molecule has 0 bridgehead atoms. The highest BCUT2D eigenvalue weighted by Crippen LogP contribution is 2.19. The highest BCUT2D eigenvalue weighted by atomic mass is 16.2. The first-order valence-electron chi connectivity index (χ1n) is 6.98. The van der Waals surface area contributed by atoms with Crippen molar-refractivity contribution in [1.29, 1.82) is 0 Å². The Morgan fingerprint density at radius 3 is 2.45 bits per heavy atom. The zero-order chi connectivity index (χ0) is 14.4. The van der Waals surface area contributed by atoms with Gasteiger partial charge in [-0.25, -0.2) is 4.98 Å². The van der Waals surface area contributed by atoms with Crippen LogP contribution in [0.15, 0.2) is 12.5 Å². The van der Waals surface area contributed by atoms with Crippen LogP contribution in [0.25, 0.3) is 0 Å². The fourth-order valence-electron chi connectivity index (χ4n) is 2.46. The van der Waals surface area contributed by atoms with Crippen molar-refractivity contribution in [3.63, 3.8) is 0 Å². The Labute approximate surface area is 117 Å². The number of rotatable bonds is 5. The van der Waals surface area contributed by atoms with Crippen molar-refractivity contribution in [1.82, 2.24) is 20.6 Å². The van der Waals surface area contributed by atoms with E-state index in [2.05, 4.69) is 20.6 Å². The van der Waals surface area contributed by atoms with Gasteiger partial charge in [0.2, 0.25) is 5.91 Å². The number of carbonyl (C=O) groups is 2. The summed E-state index contributed by atoms with van der Waals surface area (Å²) in [7, 11) is 0. The Bertz CT molecular complexity index is 438. The molecule has 1 heterocycles. The van der Waals surface area contributed by atoms with E-state index >= 15 is 0 Å². The predicted octanol–water partition coefficient (Wildman–Crippen LogP) is -0.0843. The van der Waals surface area contributed by atoms with Gasteiger partial charge in [0.1, 0.15) is 5.69 Å². The van der Waals surface area contributed by atoms with E-state index in [0.717, 1.165) is 25.7 Å². The second-order valence-corrected chi connectivity index (χ2v) is 5.08.